The Hall–Kier alpha value is -2.16. The standard InChI is InChI=1S/C15H15N3/c1-11(2)14-10-13(12-6-4-3-5-7-12)17-15-16-8-9-18(14)15/h3-11H,1-2H3. The molecule has 90 valence electrons. The van der Waals surface area contributed by atoms with Crippen LogP contribution in [0.3, 0.4) is 0 Å². The Bertz CT molecular complexity index is 669. The van der Waals surface area contributed by atoms with E-state index in [1.54, 1.807) is 6.20 Å². The topological polar surface area (TPSA) is 30.2 Å². The van der Waals surface area contributed by atoms with Gasteiger partial charge in [0.15, 0.2) is 0 Å². The molecule has 2 heterocycles. The minimum absolute atomic E-state index is 0.437. The van der Waals surface area contributed by atoms with Crippen molar-refractivity contribution in [2.75, 3.05) is 0 Å². The summed E-state index contributed by atoms with van der Waals surface area (Å²) in [5, 5.41) is 0. The average molecular weight is 237 g/mol. The Morgan fingerprint density at radius 3 is 2.61 bits per heavy atom. The predicted octanol–water partition coefficient (Wildman–Crippen LogP) is 3.52. The van der Waals surface area contributed by atoms with Crippen LogP contribution in [0.1, 0.15) is 25.5 Å². The Balaban J connectivity index is 2.25. The third-order valence-corrected chi connectivity index (χ3v) is 3.07. The van der Waals surface area contributed by atoms with Crippen molar-refractivity contribution in [3.8, 4) is 11.3 Å². The van der Waals surface area contributed by atoms with Gasteiger partial charge in [0.2, 0.25) is 5.78 Å². The summed E-state index contributed by atoms with van der Waals surface area (Å²) in [5.74, 6) is 1.20. The smallest absolute Gasteiger partial charge is 0.234 e. The molecule has 0 amide bonds. The molecule has 2 aromatic heterocycles. The first-order valence-corrected chi connectivity index (χ1v) is 6.15. The zero-order chi connectivity index (χ0) is 12.5. The van der Waals surface area contributed by atoms with Crippen LogP contribution in [0.15, 0.2) is 48.8 Å². The summed E-state index contributed by atoms with van der Waals surface area (Å²) in [5.41, 5.74) is 3.35. The maximum Gasteiger partial charge on any atom is 0.234 e. The molecule has 3 rings (SSSR count). The number of nitrogens with zero attached hydrogens (tertiary/aromatic N) is 3. The van der Waals surface area contributed by atoms with Crippen LogP contribution in [-0.4, -0.2) is 14.4 Å². The van der Waals surface area contributed by atoms with Crippen molar-refractivity contribution in [3.63, 3.8) is 0 Å². The first-order valence-electron chi connectivity index (χ1n) is 6.15. The fraction of sp³-hybridized carbons (Fsp3) is 0.200. The van der Waals surface area contributed by atoms with Gasteiger partial charge in [0.1, 0.15) is 0 Å². The molecular weight excluding hydrogens is 222 g/mol. The Kier molecular flexibility index (Phi) is 2.59. The normalized spacial score (nSPS) is 11.3. The third kappa shape index (κ3) is 1.78. The summed E-state index contributed by atoms with van der Waals surface area (Å²) < 4.78 is 2.05. The molecule has 0 bridgehead atoms. The number of aromatic nitrogens is 3. The van der Waals surface area contributed by atoms with Crippen LogP contribution in [0.5, 0.6) is 0 Å². The summed E-state index contributed by atoms with van der Waals surface area (Å²) in [4.78, 5) is 8.90. The van der Waals surface area contributed by atoms with E-state index in [1.807, 2.05) is 24.4 Å². The first kappa shape index (κ1) is 11.0. The van der Waals surface area contributed by atoms with Crippen molar-refractivity contribution < 1.29 is 0 Å². The van der Waals surface area contributed by atoms with Crippen molar-refractivity contribution in [1.29, 1.82) is 0 Å². The van der Waals surface area contributed by atoms with Gasteiger partial charge in [-0.05, 0) is 12.0 Å². The van der Waals surface area contributed by atoms with Gasteiger partial charge in [-0.15, -0.1) is 0 Å². The highest BCUT2D eigenvalue weighted by molar-refractivity contribution is 5.61. The van der Waals surface area contributed by atoms with Crippen LogP contribution in [-0.2, 0) is 0 Å². The van der Waals surface area contributed by atoms with Crippen LogP contribution >= 0.6 is 0 Å². The van der Waals surface area contributed by atoms with Gasteiger partial charge in [-0.25, -0.2) is 9.97 Å². The molecule has 1 aromatic carbocycles. The van der Waals surface area contributed by atoms with Crippen LogP contribution in [0.4, 0.5) is 0 Å². The summed E-state index contributed by atoms with van der Waals surface area (Å²) in [6.45, 7) is 4.37. The SMILES string of the molecule is CC(C)c1cc(-c2ccccc2)nc2nccn12. The summed E-state index contributed by atoms with van der Waals surface area (Å²) in [6.07, 6.45) is 3.76. The lowest BCUT2D eigenvalue weighted by Crippen LogP contribution is -2.01. The maximum atomic E-state index is 4.60. The molecule has 3 heteroatoms. The van der Waals surface area contributed by atoms with Crippen LogP contribution in [0, 0.1) is 0 Å². The number of rotatable bonds is 2. The lowest BCUT2D eigenvalue weighted by atomic mass is 10.1. The molecule has 0 radical (unpaired) electrons. The average Bonchev–Trinajstić information content (AvgIpc) is 2.86. The second kappa shape index (κ2) is 4.26. The van der Waals surface area contributed by atoms with E-state index in [4.69, 9.17) is 0 Å². The highest BCUT2D eigenvalue weighted by atomic mass is 15.1. The highest BCUT2D eigenvalue weighted by Gasteiger charge is 2.10. The number of benzene rings is 1. The number of hydrogen-bond donors (Lipinski definition) is 0. The first-order chi connectivity index (χ1) is 8.75. The second-order valence-corrected chi connectivity index (χ2v) is 4.68. The van der Waals surface area contributed by atoms with E-state index in [0.29, 0.717) is 5.92 Å². The Morgan fingerprint density at radius 2 is 1.89 bits per heavy atom. The van der Waals surface area contributed by atoms with Gasteiger partial charge in [0.05, 0.1) is 5.69 Å². The second-order valence-electron chi connectivity index (χ2n) is 4.68. The van der Waals surface area contributed by atoms with Crippen molar-refractivity contribution in [2.45, 2.75) is 19.8 Å². The van der Waals surface area contributed by atoms with E-state index >= 15 is 0 Å². The van der Waals surface area contributed by atoms with Gasteiger partial charge in [0, 0.05) is 23.7 Å². The van der Waals surface area contributed by atoms with Crippen LogP contribution in [0.2, 0.25) is 0 Å². The van der Waals surface area contributed by atoms with Crippen LogP contribution < -0.4 is 0 Å². The van der Waals surface area contributed by atoms with Crippen molar-refractivity contribution in [3.05, 3.63) is 54.5 Å². The van der Waals surface area contributed by atoms with Crippen LogP contribution in [0.25, 0.3) is 17.0 Å². The molecule has 0 N–H and O–H groups in total. The number of hydrogen-bond acceptors (Lipinski definition) is 2. The fourth-order valence-electron chi connectivity index (χ4n) is 2.13. The van der Waals surface area contributed by atoms with Gasteiger partial charge < -0.3 is 0 Å². The van der Waals surface area contributed by atoms with E-state index in [-0.39, 0.29) is 0 Å². The number of fused-ring (bicyclic) bond motifs is 1. The van der Waals surface area contributed by atoms with Gasteiger partial charge in [-0.1, -0.05) is 44.2 Å². The molecule has 3 aromatic rings. The zero-order valence-electron chi connectivity index (χ0n) is 10.5. The highest BCUT2D eigenvalue weighted by Crippen LogP contribution is 2.23. The molecule has 0 spiro atoms. The molecule has 0 atom stereocenters. The minimum Gasteiger partial charge on any atom is -0.288 e. The summed E-state index contributed by atoms with van der Waals surface area (Å²) in [7, 11) is 0. The van der Waals surface area contributed by atoms with Crippen molar-refractivity contribution in [1.82, 2.24) is 14.4 Å². The molecule has 0 unspecified atom stereocenters. The maximum absolute atomic E-state index is 4.60. The molecule has 0 aliphatic rings. The van der Waals surface area contributed by atoms with E-state index in [9.17, 15) is 0 Å². The lowest BCUT2D eigenvalue weighted by molar-refractivity contribution is 0.795. The molecule has 3 nitrogen and oxygen atoms in total. The van der Waals surface area contributed by atoms with Gasteiger partial charge >= 0.3 is 0 Å². The largest absolute Gasteiger partial charge is 0.288 e. The molecule has 0 aliphatic carbocycles. The van der Waals surface area contributed by atoms with Gasteiger partial charge in [-0.3, -0.25) is 4.40 Å². The molecule has 0 aliphatic heterocycles. The van der Waals surface area contributed by atoms with Gasteiger partial charge in [-0.2, -0.15) is 0 Å². The minimum atomic E-state index is 0.437. The number of imidazole rings is 1. The predicted molar refractivity (Wildman–Crippen MR) is 72.5 cm³/mol. The van der Waals surface area contributed by atoms with E-state index in [2.05, 4.69) is 46.4 Å². The summed E-state index contributed by atoms with van der Waals surface area (Å²) in [6, 6.07) is 12.4. The van der Waals surface area contributed by atoms with Gasteiger partial charge in [0.25, 0.3) is 0 Å². The van der Waals surface area contributed by atoms with E-state index < -0.39 is 0 Å². The molecule has 18 heavy (non-hydrogen) atoms. The molecular formula is C15H15N3. The molecule has 0 fully saturated rings. The Morgan fingerprint density at radius 1 is 1.11 bits per heavy atom. The molecule has 0 saturated carbocycles. The van der Waals surface area contributed by atoms with E-state index in [1.165, 1.54) is 5.69 Å². The molecule has 0 saturated heterocycles. The van der Waals surface area contributed by atoms with E-state index in [0.717, 1.165) is 17.0 Å². The van der Waals surface area contributed by atoms with Crippen molar-refractivity contribution >= 4 is 5.78 Å². The summed E-state index contributed by atoms with van der Waals surface area (Å²) >= 11 is 0. The third-order valence-electron chi connectivity index (χ3n) is 3.07. The monoisotopic (exact) mass is 237 g/mol. The Labute approximate surface area is 106 Å². The fourth-order valence-corrected chi connectivity index (χ4v) is 2.13. The lowest BCUT2D eigenvalue weighted by Gasteiger charge is -2.11. The zero-order valence-corrected chi connectivity index (χ0v) is 10.5. The van der Waals surface area contributed by atoms with Crippen molar-refractivity contribution in [2.24, 2.45) is 0 Å². The quantitative estimate of drug-likeness (QED) is 0.682.